The van der Waals surface area contributed by atoms with E-state index in [0.717, 1.165) is 0 Å². The van der Waals surface area contributed by atoms with Gasteiger partial charge in [0.2, 0.25) is 0 Å². The molecule has 0 radical (unpaired) electrons. The molecule has 0 heterocycles. The Balaban J connectivity index is 2.67. The molecule has 4 heteroatoms. The highest BCUT2D eigenvalue weighted by Gasteiger charge is 2.37. The van der Waals surface area contributed by atoms with Gasteiger partial charge in [-0.2, -0.15) is 0 Å². The summed E-state index contributed by atoms with van der Waals surface area (Å²) in [6, 6.07) is 0. The van der Waals surface area contributed by atoms with Gasteiger partial charge >= 0.3 is 0 Å². The summed E-state index contributed by atoms with van der Waals surface area (Å²) in [5.41, 5.74) is 0.366. The Morgan fingerprint density at radius 3 is 2.57 bits per heavy atom. The Labute approximate surface area is 81.9 Å². The highest BCUT2D eigenvalue weighted by molar-refractivity contribution is 6.31. The lowest BCUT2D eigenvalue weighted by Gasteiger charge is -2.05. The van der Waals surface area contributed by atoms with Crippen LogP contribution in [-0.4, -0.2) is 31.1 Å². The fourth-order valence-corrected chi connectivity index (χ4v) is 1.38. The summed E-state index contributed by atoms with van der Waals surface area (Å²) in [6.45, 7) is 1.79. The zero-order valence-electron chi connectivity index (χ0n) is 8.20. The van der Waals surface area contributed by atoms with Crippen molar-refractivity contribution in [3.8, 4) is 0 Å². The van der Waals surface area contributed by atoms with Crippen LogP contribution in [0.15, 0.2) is 11.6 Å². The number of methoxy groups -OCH3 is 1. The van der Waals surface area contributed by atoms with E-state index in [2.05, 4.69) is 0 Å². The van der Waals surface area contributed by atoms with E-state index < -0.39 is 11.7 Å². The lowest BCUT2D eigenvalue weighted by atomic mass is 9.96. The van der Waals surface area contributed by atoms with Gasteiger partial charge in [0.25, 0.3) is 0 Å². The summed E-state index contributed by atoms with van der Waals surface area (Å²) in [7, 11) is 1.47. The monoisotopic (exact) mass is 196 g/mol. The van der Waals surface area contributed by atoms with Gasteiger partial charge in [-0.3, -0.25) is 14.4 Å². The minimum Gasteiger partial charge on any atom is -0.384 e. The third-order valence-electron chi connectivity index (χ3n) is 2.17. The van der Waals surface area contributed by atoms with Gasteiger partial charge in [-0.1, -0.05) is 0 Å². The largest absolute Gasteiger partial charge is 0.384 e. The van der Waals surface area contributed by atoms with Crippen molar-refractivity contribution in [2.45, 2.75) is 13.3 Å². The molecular weight excluding hydrogens is 184 g/mol. The molecule has 76 valence electrons. The van der Waals surface area contributed by atoms with Crippen molar-refractivity contribution in [3.63, 3.8) is 0 Å². The van der Waals surface area contributed by atoms with Gasteiger partial charge in [-0.05, 0) is 18.6 Å². The van der Waals surface area contributed by atoms with Crippen LogP contribution in [0.1, 0.15) is 13.3 Å². The van der Waals surface area contributed by atoms with Crippen molar-refractivity contribution in [3.05, 3.63) is 11.6 Å². The standard InChI is InChI=1S/C10H12O4/c1-6-5-8(12)9(10(6)13)7(11)3-4-14-2/h5,9H,3-4H2,1-2H3. The molecule has 0 bridgehead atoms. The average molecular weight is 196 g/mol. The quantitative estimate of drug-likeness (QED) is 0.607. The van der Waals surface area contributed by atoms with Crippen molar-refractivity contribution in [2.24, 2.45) is 5.92 Å². The van der Waals surface area contributed by atoms with Crippen LogP contribution in [0.3, 0.4) is 0 Å². The minimum absolute atomic E-state index is 0.111. The Morgan fingerprint density at radius 1 is 1.50 bits per heavy atom. The van der Waals surface area contributed by atoms with Gasteiger partial charge in [0.15, 0.2) is 17.3 Å². The van der Waals surface area contributed by atoms with E-state index in [-0.39, 0.29) is 24.6 Å². The molecule has 0 aliphatic heterocycles. The van der Waals surface area contributed by atoms with Crippen LogP contribution in [0, 0.1) is 5.92 Å². The Hall–Kier alpha value is -1.29. The van der Waals surface area contributed by atoms with Crippen molar-refractivity contribution >= 4 is 17.3 Å². The molecule has 14 heavy (non-hydrogen) atoms. The molecule has 1 aliphatic rings. The van der Waals surface area contributed by atoms with Crippen LogP contribution in [0.2, 0.25) is 0 Å². The summed E-state index contributed by atoms with van der Waals surface area (Å²) in [5.74, 6) is -2.20. The first-order valence-electron chi connectivity index (χ1n) is 4.36. The molecule has 4 nitrogen and oxygen atoms in total. The van der Waals surface area contributed by atoms with Gasteiger partial charge < -0.3 is 4.74 Å². The van der Waals surface area contributed by atoms with Crippen molar-refractivity contribution in [2.75, 3.05) is 13.7 Å². The molecule has 1 unspecified atom stereocenters. The molecule has 0 aromatic carbocycles. The number of rotatable bonds is 4. The second-order valence-electron chi connectivity index (χ2n) is 3.24. The van der Waals surface area contributed by atoms with Crippen molar-refractivity contribution < 1.29 is 19.1 Å². The highest BCUT2D eigenvalue weighted by Crippen LogP contribution is 2.19. The van der Waals surface area contributed by atoms with Crippen LogP contribution >= 0.6 is 0 Å². The van der Waals surface area contributed by atoms with Gasteiger partial charge in [0, 0.05) is 13.5 Å². The summed E-state index contributed by atoms with van der Waals surface area (Å²) in [6.07, 6.45) is 1.34. The van der Waals surface area contributed by atoms with E-state index >= 15 is 0 Å². The molecule has 1 aliphatic carbocycles. The van der Waals surface area contributed by atoms with Crippen LogP contribution in [0.5, 0.6) is 0 Å². The van der Waals surface area contributed by atoms with Gasteiger partial charge in [-0.15, -0.1) is 0 Å². The summed E-state index contributed by atoms with van der Waals surface area (Å²) in [4.78, 5) is 34.0. The third-order valence-corrected chi connectivity index (χ3v) is 2.17. The smallest absolute Gasteiger partial charge is 0.176 e. The molecule has 0 fully saturated rings. The number of carbonyl (C=O) groups is 3. The zero-order chi connectivity index (χ0) is 10.7. The van der Waals surface area contributed by atoms with Gasteiger partial charge in [0.1, 0.15) is 5.92 Å². The number of carbonyl (C=O) groups excluding carboxylic acids is 3. The number of ether oxygens (including phenoxy) is 1. The predicted octanol–water partition coefficient (Wildman–Crippen LogP) is 0.306. The predicted molar refractivity (Wildman–Crippen MR) is 48.8 cm³/mol. The maximum Gasteiger partial charge on any atom is 0.176 e. The molecule has 1 atom stereocenters. The third kappa shape index (κ3) is 1.96. The molecule has 0 N–H and O–H groups in total. The summed E-state index contributed by atoms with van der Waals surface area (Å²) < 4.78 is 4.71. The summed E-state index contributed by atoms with van der Waals surface area (Å²) in [5, 5.41) is 0. The second kappa shape index (κ2) is 4.28. The number of ketones is 3. The Bertz CT molecular complexity index is 314. The molecule has 0 spiro atoms. The molecule has 0 saturated heterocycles. The van der Waals surface area contributed by atoms with E-state index in [1.54, 1.807) is 6.92 Å². The number of hydrogen-bond acceptors (Lipinski definition) is 4. The van der Waals surface area contributed by atoms with Crippen LogP contribution in [-0.2, 0) is 19.1 Å². The fourth-order valence-electron chi connectivity index (χ4n) is 1.38. The van der Waals surface area contributed by atoms with Crippen molar-refractivity contribution in [1.82, 2.24) is 0 Å². The van der Waals surface area contributed by atoms with E-state index in [4.69, 9.17) is 4.74 Å². The SMILES string of the molecule is COCCC(=O)C1C(=O)C=C(C)C1=O. The van der Waals surface area contributed by atoms with E-state index in [1.165, 1.54) is 13.2 Å². The lowest BCUT2D eigenvalue weighted by molar-refractivity contribution is -0.135. The maximum atomic E-state index is 11.4. The van der Waals surface area contributed by atoms with Gasteiger partial charge in [-0.25, -0.2) is 0 Å². The second-order valence-corrected chi connectivity index (χ2v) is 3.24. The number of Topliss-reactive ketones (excluding diaryl/α,β-unsaturated/α-hetero) is 2. The molecule has 0 aromatic heterocycles. The molecule has 0 saturated carbocycles. The molecule has 0 amide bonds. The maximum absolute atomic E-state index is 11.4. The first-order chi connectivity index (χ1) is 6.57. The van der Waals surface area contributed by atoms with E-state index in [0.29, 0.717) is 5.57 Å². The minimum atomic E-state index is -1.09. The number of hydrogen-bond donors (Lipinski definition) is 0. The van der Waals surface area contributed by atoms with Crippen LogP contribution in [0.4, 0.5) is 0 Å². The topological polar surface area (TPSA) is 60.4 Å². The molecule has 0 aromatic rings. The van der Waals surface area contributed by atoms with E-state index in [9.17, 15) is 14.4 Å². The van der Waals surface area contributed by atoms with Crippen molar-refractivity contribution in [1.29, 1.82) is 0 Å². The first-order valence-corrected chi connectivity index (χ1v) is 4.36. The Morgan fingerprint density at radius 2 is 2.14 bits per heavy atom. The lowest BCUT2D eigenvalue weighted by Crippen LogP contribution is -2.27. The van der Waals surface area contributed by atoms with Gasteiger partial charge in [0.05, 0.1) is 6.61 Å². The summed E-state index contributed by atoms with van der Waals surface area (Å²) >= 11 is 0. The molecular formula is C10H12O4. The van der Waals surface area contributed by atoms with Crippen LogP contribution in [0.25, 0.3) is 0 Å². The first kappa shape index (κ1) is 10.8. The van der Waals surface area contributed by atoms with Crippen LogP contribution < -0.4 is 0 Å². The Kier molecular flexibility index (Phi) is 3.30. The number of allylic oxidation sites excluding steroid dienone is 2. The van der Waals surface area contributed by atoms with E-state index in [1.807, 2.05) is 0 Å². The fraction of sp³-hybridized carbons (Fsp3) is 0.500. The molecule has 1 rings (SSSR count). The normalized spacial score (nSPS) is 21.3. The average Bonchev–Trinajstić information content (AvgIpc) is 2.38. The highest BCUT2D eigenvalue weighted by atomic mass is 16.5. The zero-order valence-corrected chi connectivity index (χ0v) is 8.20.